The first kappa shape index (κ1) is 15.5. The predicted octanol–water partition coefficient (Wildman–Crippen LogP) is 2.84. The fraction of sp³-hybridized carbons (Fsp3) is 1.00. The Kier molecular flexibility index (Phi) is 3.75. The van der Waals surface area contributed by atoms with Gasteiger partial charge in [-0.2, -0.15) is 0 Å². The normalized spacial score (nSPS) is 54.9. The molecule has 1 unspecified atom stereocenters. The maximum atomic E-state index is 10.6. The Bertz CT molecular complexity index is 393. The van der Waals surface area contributed by atoms with Gasteiger partial charge in [0.05, 0.1) is 17.6 Å². The van der Waals surface area contributed by atoms with Crippen molar-refractivity contribution in [2.45, 2.75) is 73.5 Å². The lowest BCUT2D eigenvalue weighted by molar-refractivity contribution is -0.283. The van der Waals surface area contributed by atoms with Gasteiger partial charge in [0, 0.05) is 4.83 Å². The molecule has 0 amide bonds. The average molecular weight is 368 g/mol. The predicted molar refractivity (Wildman–Crippen MR) is 82.4 cm³/mol. The lowest BCUT2D eigenvalue weighted by atomic mass is 9.59. The van der Waals surface area contributed by atoms with E-state index in [9.17, 15) is 10.2 Å². The zero-order valence-corrected chi connectivity index (χ0v) is 14.5. The molecule has 116 valence electrons. The van der Waals surface area contributed by atoms with Crippen LogP contribution in [0.15, 0.2) is 0 Å². The molecule has 0 aromatic heterocycles. The minimum absolute atomic E-state index is 0.188. The summed E-state index contributed by atoms with van der Waals surface area (Å²) in [7, 11) is 0. The molecule has 0 aromatic carbocycles. The molecule has 20 heavy (non-hydrogen) atoms. The monoisotopic (exact) mass is 366 g/mol. The number of aliphatic hydroxyl groups excluding tert-OH is 1. The molecule has 2 saturated carbocycles. The fourth-order valence-corrected chi connectivity index (χ4v) is 5.23. The minimum atomic E-state index is -1.05. The number of ether oxygens (including phenoxy) is 1. The van der Waals surface area contributed by atoms with E-state index in [1.54, 1.807) is 0 Å². The van der Waals surface area contributed by atoms with E-state index in [1.165, 1.54) is 0 Å². The Morgan fingerprint density at radius 1 is 1.25 bits per heavy atom. The van der Waals surface area contributed by atoms with E-state index in [0.29, 0.717) is 23.6 Å². The Hall–Kier alpha value is 0.650. The number of alkyl halides is 2. The molecule has 6 atom stereocenters. The van der Waals surface area contributed by atoms with Crippen LogP contribution >= 0.6 is 27.5 Å². The lowest BCUT2D eigenvalue weighted by Crippen LogP contribution is -2.72. The Morgan fingerprint density at radius 2 is 1.95 bits per heavy atom. The molecule has 0 spiro atoms. The van der Waals surface area contributed by atoms with Crippen molar-refractivity contribution in [3.63, 3.8) is 0 Å². The average Bonchev–Trinajstić information content (AvgIpc) is 2.40. The van der Waals surface area contributed by atoms with Crippen LogP contribution in [0.3, 0.4) is 0 Å². The maximum Gasteiger partial charge on any atom is 0.107 e. The molecule has 2 heterocycles. The van der Waals surface area contributed by atoms with E-state index < -0.39 is 22.7 Å². The molecule has 2 saturated heterocycles. The highest BCUT2D eigenvalue weighted by molar-refractivity contribution is 9.09. The van der Waals surface area contributed by atoms with Gasteiger partial charge in [-0.25, -0.2) is 0 Å². The third kappa shape index (κ3) is 2.10. The van der Waals surface area contributed by atoms with Gasteiger partial charge in [0.25, 0.3) is 0 Å². The fourth-order valence-electron chi connectivity index (χ4n) is 4.39. The second-order valence-electron chi connectivity index (χ2n) is 7.63. The lowest BCUT2D eigenvalue weighted by Gasteiger charge is -2.60. The van der Waals surface area contributed by atoms with Gasteiger partial charge in [0.1, 0.15) is 11.7 Å². The standard InChI is InChI=1S/C15H24BrClO3/c1-13(2)7-9(3-4-10(13)16)15-6-5-14(19,8-20-15)11(17)12(15)18/h9-12,18-19H,3-8H2,1-2H3/t9?,10-,11+,12+,14-,15-/m0/s1. The largest absolute Gasteiger partial charge is 0.388 e. The summed E-state index contributed by atoms with van der Waals surface area (Å²) in [6.07, 6.45) is 3.71. The summed E-state index contributed by atoms with van der Waals surface area (Å²) in [5.41, 5.74) is -1.42. The SMILES string of the molecule is CC1(C)CC([C@]23CC[C@](O)(CO2)[C@H](Cl)[C@H]3O)CC[C@@H]1Br. The summed E-state index contributed by atoms with van der Waals surface area (Å²) in [6, 6.07) is 0. The quantitative estimate of drug-likeness (QED) is 0.701. The van der Waals surface area contributed by atoms with Crippen molar-refractivity contribution in [3.8, 4) is 0 Å². The molecule has 2 bridgehead atoms. The molecular weight excluding hydrogens is 344 g/mol. The van der Waals surface area contributed by atoms with Gasteiger partial charge in [0.2, 0.25) is 0 Å². The molecule has 4 fully saturated rings. The summed E-state index contributed by atoms with van der Waals surface area (Å²) in [5, 5.41) is 20.4. The van der Waals surface area contributed by atoms with Crippen molar-refractivity contribution in [2.24, 2.45) is 11.3 Å². The highest BCUT2D eigenvalue weighted by Gasteiger charge is 2.63. The number of hydrogen-bond donors (Lipinski definition) is 2. The van der Waals surface area contributed by atoms with E-state index >= 15 is 0 Å². The van der Waals surface area contributed by atoms with Crippen LogP contribution in [0.5, 0.6) is 0 Å². The Balaban J connectivity index is 1.86. The molecule has 0 aromatic rings. The van der Waals surface area contributed by atoms with Crippen molar-refractivity contribution in [1.82, 2.24) is 0 Å². The van der Waals surface area contributed by atoms with Gasteiger partial charge in [-0.1, -0.05) is 29.8 Å². The van der Waals surface area contributed by atoms with Crippen LogP contribution in [0.25, 0.3) is 0 Å². The molecule has 4 rings (SSSR count). The topological polar surface area (TPSA) is 49.7 Å². The van der Waals surface area contributed by atoms with E-state index in [2.05, 4.69) is 29.8 Å². The van der Waals surface area contributed by atoms with Crippen LogP contribution in [-0.2, 0) is 4.74 Å². The summed E-state index contributed by atoms with van der Waals surface area (Å²) in [5.74, 6) is 0.312. The zero-order chi connectivity index (χ0) is 14.8. The summed E-state index contributed by atoms with van der Waals surface area (Å²) >= 11 is 10.1. The van der Waals surface area contributed by atoms with Crippen molar-refractivity contribution in [1.29, 1.82) is 0 Å². The summed E-state index contributed by atoms with van der Waals surface area (Å²) < 4.78 is 6.02. The maximum absolute atomic E-state index is 10.6. The third-order valence-electron chi connectivity index (χ3n) is 5.91. The number of rotatable bonds is 1. The van der Waals surface area contributed by atoms with E-state index in [0.717, 1.165) is 19.3 Å². The zero-order valence-electron chi connectivity index (χ0n) is 12.1. The van der Waals surface area contributed by atoms with Crippen LogP contribution in [0.4, 0.5) is 0 Å². The van der Waals surface area contributed by atoms with E-state index in [-0.39, 0.29) is 12.0 Å². The molecular formula is C15H24BrClO3. The Labute approximate surface area is 134 Å². The molecule has 0 radical (unpaired) electrons. The van der Waals surface area contributed by atoms with Gasteiger partial charge in [-0.05, 0) is 43.4 Å². The smallest absolute Gasteiger partial charge is 0.107 e. The molecule has 5 heteroatoms. The van der Waals surface area contributed by atoms with Crippen LogP contribution in [0, 0.1) is 11.3 Å². The molecule has 2 aliphatic heterocycles. The van der Waals surface area contributed by atoms with Crippen molar-refractivity contribution in [2.75, 3.05) is 6.61 Å². The number of hydrogen-bond acceptors (Lipinski definition) is 3. The molecule has 4 aliphatic rings. The molecule has 2 aliphatic carbocycles. The van der Waals surface area contributed by atoms with E-state index in [1.807, 2.05) is 0 Å². The van der Waals surface area contributed by atoms with Gasteiger partial charge >= 0.3 is 0 Å². The first-order chi connectivity index (χ1) is 9.21. The van der Waals surface area contributed by atoms with Crippen LogP contribution in [0.1, 0.15) is 46.0 Å². The van der Waals surface area contributed by atoms with Gasteiger partial charge < -0.3 is 14.9 Å². The van der Waals surface area contributed by atoms with Crippen molar-refractivity contribution >= 4 is 27.5 Å². The second kappa shape index (κ2) is 4.82. The van der Waals surface area contributed by atoms with Gasteiger partial charge in [0.15, 0.2) is 0 Å². The van der Waals surface area contributed by atoms with Crippen LogP contribution in [-0.4, -0.2) is 44.3 Å². The Morgan fingerprint density at radius 3 is 2.50 bits per heavy atom. The third-order valence-corrected chi connectivity index (χ3v) is 8.25. The summed E-state index contributed by atoms with van der Waals surface area (Å²) in [4.78, 5) is 0.510. The van der Waals surface area contributed by atoms with Crippen molar-refractivity contribution in [3.05, 3.63) is 0 Å². The van der Waals surface area contributed by atoms with Crippen LogP contribution < -0.4 is 0 Å². The van der Waals surface area contributed by atoms with Gasteiger partial charge in [-0.3, -0.25) is 0 Å². The second-order valence-corrected chi connectivity index (χ2v) is 9.20. The van der Waals surface area contributed by atoms with Gasteiger partial charge in [-0.15, -0.1) is 11.6 Å². The number of halogens is 2. The van der Waals surface area contributed by atoms with E-state index in [4.69, 9.17) is 16.3 Å². The van der Waals surface area contributed by atoms with Crippen molar-refractivity contribution < 1.29 is 14.9 Å². The summed E-state index contributed by atoms with van der Waals surface area (Å²) in [6.45, 7) is 4.79. The molecule has 3 nitrogen and oxygen atoms in total. The number of fused-ring (bicyclic) bond motifs is 3. The van der Waals surface area contributed by atoms with Crippen LogP contribution in [0.2, 0.25) is 0 Å². The number of aliphatic hydroxyl groups is 2. The highest BCUT2D eigenvalue weighted by atomic mass is 79.9. The first-order valence-corrected chi connectivity index (χ1v) is 8.89. The first-order valence-electron chi connectivity index (χ1n) is 7.54. The minimum Gasteiger partial charge on any atom is -0.388 e. The highest BCUT2D eigenvalue weighted by Crippen LogP contribution is 2.55. The molecule has 2 N–H and O–H groups in total.